The van der Waals surface area contributed by atoms with Crippen molar-refractivity contribution < 1.29 is 14.3 Å². The minimum atomic E-state index is -0.00969. The molecule has 0 aliphatic carbocycles. The highest BCUT2D eigenvalue weighted by Gasteiger charge is 2.16. The van der Waals surface area contributed by atoms with E-state index in [4.69, 9.17) is 9.47 Å². The standard InChI is InChI=1S/C19H30N4O3/c1-14-7-8-15(17(10-14)25-4)11-20-19(22-13-18(24)23(2)3)21-12-16-6-5-9-26-16/h7-8,10,16H,5-6,9,11-13H2,1-4H3,(H2,20,21,22). The normalized spacial score (nSPS) is 17.1. The highest BCUT2D eigenvalue weighted by atomic mass is 16.5. The maximum atomic E-state index is 11.9. The van der Waals surface area contributed by atoms with Crippen molar-refractivity contribution in [3.63, 3.8) is 0 Å². The summed E-state index contributed by atoms with van der Waals surface area (Å²) in [6.07, 6.45) is 2.33. The van der Waals surface area contributed by atoms with Crippen LogP contribution in [0.3, 0.4) is 0 Å². The van der Waals surface area contributed by atoms with Gasteiger partial charge >= 0.3 is 0 Å². The van der Waals surface area contributed by atoms with E-state index in [2.05, 4.69) is 15.6 Å². The van der Waals surface area contributed by atoms with Crippen molar-refractivity contribution in [2.75, 3.05) is 40.9 Å². The monoisotopic (exact) mass is 362 g/mol. The first-order valence-corrected chi connectivity index (χ1v) is 8.97. The summed E-state index contributed by atoms with van der Waals surface area (Å²) < 4.78 is 11.1. The van der Waals surface area contributed by atoms with E-state index in [0.717, 1.165) is 36.3 Å². The van der Waals surface area contributed by atoms with Crippen molar-refractivity contribution in [1.29, 1.82) is 0 Å². The minimum absolute atomic E-state index is 0.00969. The van der Waals surface area contributed by atoms with Gasteiger partial charge in [0.25, 0.3) is 0 Å². The lowest BCUT2D eigenvalue weighted by Crippen LogP contribution is -2.45. The fraction of sp³-hybridized carbons (Fsp3) is 0.579. The molecule has 7 nitrogen and oxygen atoms in total. The summed E-state index contributed by atoms with van der Waals surface area (Å²) in [7, 11) is 5.13. The molecule has 1 aromatic rings. The van der Waals surface area contributed by atoms with Crippen molar-refractivity contribution in [2.24, 2.45) is 4.99 Å². The lowest BCUT2D eigenvalue weighted by Gasteiger charge is -2.17. The Hall–Kier alpha value is -2.28. The molecule has 0 saturated carbocycles. The van der Waals surface area contributed by atoms with Gasteiger partial charge in [0, 0.05) is 32.8 Å². The number of nitrogens with one attached hydrogen (secondary N) is 2. The Balaban J connectivity index is 2.02. The van der Waals surface area contributed by atoms with E-state index in [9.17, 15) is 4.79 Å². The largest absolute Gasteiger partial charge is 0.496 e. The maximum Gasteiger partial charge on any atom is 0.241 e. The van der Waals surface area contributed by atoms with Gasteiger partial charge in [0.05, 0.1) is 26.3 Å². The predicted molar refractivity (Wildman–Crippen MR) is 103 cm³/mol. The fourth-order valence-electron chi connectivity index (χ4n) is 2.65. The van der Waals surface area contributed by atoms with E-state index in [1.807, 2.05) is 25.1 Å². The van der Waals surface area contributed by atoms with Gasteiger partial charge in [-0.15, -0.1) is 0 Å². The first kappa shape index (κ1) is 20.0. The second-order valence-electron chi connectivity index (χ2n) is 6.64. The molecule has 1 aromatic carbocycles. The molecule has 2 N–H and O–H groups in total. The first-order chi connectivity index (χ1) is 12.5. The topological polar surface area (TPSA) is 75.2 Å². The second-order valence-corrected chi connectivity index (χ2v) is 6.64. The number of likely N-dealkylation sites (N-methyl/N-ethyl adjacent to an activating group) is 1. The van der Waals surface area contributed by atoms with Crippen molar-refractivity contribution in [2.45, 2.75) is 32.4 Å². The van der Waals surface area contributed by atoms with Crippen LogP contribution in [0, 0.1) is 6.92 Å². The van der Waals surface area contributed by atoms with Gasteiger partial charge in [-0.25, -0.2) is 4.99 Å². The Labute approximate surface area is 155 Å². The molecule has 0 bridgehead atoms. The summed E-state index contributed by atoms with van der Waals surface area (Å²) in [5.74, 6) is 1.40. The number of hydrogen-bond donors (Lipinski definition) is 2. The Bertz CT molecular complexity index is 625. The number of aryl methyl sites for hydroxylation is 1. The zero-order chi connectivity index (χ0) is 18.9. The maximum absolute atomic E-state index is 11.9. The van der Waals surface area contributed by atoms with Gasteiger partial charge in [-0.3, -0.25) is 4.79 Å². The number of carbonyl (C=O) groups is 1. The molecule has 144 valence electrons. The molecule has 1 unspecified atom stereocenters. The number of ether oxygens (including phenoxy) is 2. The molecule has 0 aromatic heterocycles. The second kappa shape index (κ2) is 10.0. The van der Waals surface area contributed by atoms with Crippen LogP contribution in [0.5, 0.6) is 5.75 Å². The smallest absolute Gasteiger partial charge is 0.241 e. The lowest BCUT2D eigenvalue weighted by molar-refractivity contribution is -0.127. The van der Waals surface area contributed by atoms with E-state index in [-0.39, 0.29) is 18.6 Å². The molecular formula is C19H30N4O3. The van der Waals surface area contributed by atoms with Gasteiger partial charge in [0.15, 0.2) is 5.96 Å². The summed E-state index contributed by atoms with van der Waals surface area (Å²) in [6, 6.07) is 6.05. The van der Waals surface area contributed by atoms with Crippen LogP contribution in [-0.4, -0.2) is 63.8 Å². The van der Waals surface area contributed by atoms with E-state index in [1.165, 1.54) is 0 Å². The van der Waals surface area contributed by atoms with Crippen LogP contribution in [0.15, 0.2) is 23.2 Å². The molecular weight excluding hydrogens is 332 g/mol. The zero-order valence-corrected chi connectivity index (χ0v) is 16.2. The van der Waals surface area contributed by atoms with Gasteiger partial charge in [-0.05, 0) is 31.4 Å². The Morgan fingerprint density at radius 3 is 2.85 bits per heavy atom. The van der Waals surface area contributed by atoms with Crippen molar-refractivity contribution >= 4 is 11.9 Å². The van der Waals surface area contributed by atoms with E-state index >= 15 is 0 Å². The number of nitrogens with zero attached hydrogens (tertiary/aromatic N) is 2. The Morgan fingerprint density at radius 2 is 2.19 bits per heavy atom. The molecule has 1 heterocycles. The number of rotatable bonds is 7. The quantitative estimate of drug-likeness (QED) is 0.565. The van der Waals surface area contributed by atoms with Gasteiger partial charge in [-0.1, -0.05) is 12.1 Å². The third-order valence-electron chi connectivity index (χ3n) is 4.28. The summed E-state index contributed by atoms with van der Waals surface area (Å²) in [4.78, 5) is 18.0. The summed E-state index contributed by atoms with van der Waals surface area (Å²) in [5, 5.41) is 6.37. The van der Waals surface area contributed by atoms with Crippen LogP contribution in [-0.2, 0) is 16.1 Å². The third kappa shape index (κ3) is 6.22. The highest BCUT2D eigenvalue weighted by Crippen LogP contribution is 2.20. The number of amides is 1. The molecule has 1 amide bonds. The summed E-state index contributed by atoms with van der Waals surface area (Å²) >= 11 is 0. The van der Waals surface area contributed by atoms with Crippen LogP contribution in [0.4, 0.5) is 0 Å². The highest BCUT2D eigenvalue weighted by molar-refractivity contribution is 5.86. The number of hydrogen-bond acceptors (Lipinski definition) is 4. The van der Waals surface area contributed by atoms with E-state index in [0.29, 0.717) is 19.0 Å². The fourth-order valence-corrected chi connectivity index (χ4v) is 2.65. The molecule has 26 heavy (non-hydrogen) atoms. The average Bonchev–Trinajstić information content (AvgIpc) is 3.14. The Morgan fingerprint density at radius 1 is 1.38 bits per heavy atom. The van der Waals surface area contributed by atoms with Crippen molar-refractivity contribution in [3.8, 4) is 5.75 Å². The van der Waals surface area contributed by atoms with Crippen LogP contribution >= 0.6 is 0 Å². The van der Waals surface area contributed by atoms with Crippen LogP contribution < -0.4 is 15.4 Å². The average molecular weight is 362 g/mol. The number of aliphatic imine (C=N–C) groups is 1. The van der Waals surface area contributed by atoms with Crippen LogP contribution in [0.1, 0.15) is 24.0 Å². The Kier molecular flexibility index (Phi) is 7.72. The van der Waals surface area contributed by atoms with Gasteiger partial charge in [-0.2, -0.15) is 0 Å². The number of methoxy groups -OCH3 is 1. The van der Waals surface area contributed by atoms with Gasteiger partial charge in [0.1, 0.15) is 5.75 Å². The first-order valence-electron chi connectivity index (χ1n) is 8.97. The third-order valence-corrected chi connectivity index (χ3v) is 4.28. The summed E-state index contributed by atoms with van der Waals surface area (Å²) in [6.45, 7) is 4.16. The zero-order valence-electron chi connectivity index (χ0n) is 16.2. The molecule has 0 radical (unpaired) electrons. The number of guanidine groups is 1. The molecule has 1 aliphatic heterocycles. The molecule has 1 fully saturated rings. The summed E-state index contributed by atoms with van der Waals surface area (Å²) in [5.41, 5.74) is 2.14. The predicted octanol–water partition coefficient (Wildman–Crippen LogP) is 1.31. The molecule has 1 atom stereocenters. The number of benzene rings is 1. The SMILES string of the molecule is COc1cc(C)ccc1CN=C(NCC(=O)N(C)C)NCC1CCCO1. The van der Waals surface area contributed by atoms with E-state index < -0.39 is 0 Å². The van der Waals surface area contributed by atoms with Gasteiger partial charge < -0.3 is 25.0 Å². The molecule has 0 spiro atoms. The molecule has 2 rings (SSSR count). The molecule has 1 saturated heterocycles. The minimum Gasteiger partial charge on any atom is -0.496 e. The van der Waals surface area contributed by atoms with Crippen molar-refractivity contribution in [3.05, 3.63) is 29.3 Å². The van der Waals surface area contributed by atoms with E-state index in [1.54, 1.807) is 26.1 Å². The molecule has 1 aliphatic rings. The number of carbonyl (C=O) groups excluding carboxylic acids is 1. The van der Waals surface area contributed by atoms with Crippen LogP contribution in [0.2, 0.25) is 0 Å². The lowest BCUT2D eigenvalue weighted by atomic mass is 10.1. The van der Waals surface area contributed by atoms with Gasteiger partial charge in [0.2, 0.25) is 5.91 Å². The molecule has 7 heteroatoms. The van der Waals surface area contributed by atoms with Crippen molar-refractivity contribution in [1.82, 2.24) is 15.5 Å². The van der Waals surface area contributed by atoms with Crippen LogP contribution in [0.25, 0.3) is 0 Å².